The average molecular weight is 339 g/mol. The summed E-state index contributed by atoms with van der Waals surface area (Å²) < 4.78 is 0.956. The third kappa shape index (κ3) is 3.20. The van der Waals surface area contributed by atoms with Crippen molar-refractivity contribution in [2.24, 2.45) is 5.73 Å². The molecule has 1 atom stereocenters. The van der Waals surface area contributed by atoms with Crippen molar-refractivity contribution in [3.8, 4) is 11.1 Å². The average Bonchev–Trinajstić information content (AvgIpc) is 2.56. The van der Waals surface area contributed by atoms with E-state index in [1.165, 1.54) is 11.1 Å². The number of benzene rings is 2. The molecule has 0 radical (unpaired) electrons. The topological polar surface area (TPSA) is 38.9 Å². The SMILES string of the molecule is NC(c1ccc(-c2ccccc2)cc1)c1ccc(Br)cn1. The van der Waals surface area contributed by atoms with Gasteiger partial charge in [-0.05, 0) is 44.8 Å². The fraction of sp³-hybridized carbons (Fsp3) is 0.0556. The predicted molar refractivity (Wildman–Crippen MR) is 89.8 cm³/mol. The van der Waals surface area contributed by atoms with Gasteiger partial charge < -0.3 is 5.73 Å². The number of nitrogens with zero attached hydrogens (tertiary/aromatic N) is 1. The molecule has 2 nitrogen and oxygen atoms in total. The number of hydrogen-bond donors (Lipinski definition) is 1. The molecule has 2 N–H and O–H groups in total. The maximum absolute atomic E-state index is 6.28. The Morgan fingerprint density at radius 3 is 2.10 bits per heavy atom. The summed E-state index contributed by atoms with van der Waals surface area (Å²) in [6, 6.07) is 22.3. The molecule has 21 heavy (non-hydrogen) atoms. The number of halogens is 1. The monoisotopic (exact) mass is 338 g/mol. The first-order chi connectivity index (χ1) is 10.2. The lowest BCUT2D eigenvalue weighted by atomic mass is 9.99. The second-order valence-corrected chi connectivity index (χ2v) is 5.78. The summed E-state index contributed by atoms with van der Waals surface area (Å²) in [5.74, 6) is 0. The van der Waals surface area contributed by atoms with Crippen LogP contribution in [0.4, 0.5) is 0 Å². The molecule has 1 aromatic heterocycles. The summed E-state index contributed by atoms with van der Waals surface area (Å²) >= 11 is 3.38. The molecule has 0 aliphatic rings. The first-order valence-corrected chi connectivity index (χ1v) is 7.56. The first-order valence-electron chi connectivity index (χ1n) is 6.76. The van der Waals surface area contributed by atoms with E-state index < -0.39 is 0 Å². The van der Waals surface area contributed by atoms with Crippen LogP contribution in [-0.4, -0.2) is 4.98 Å². The minimum atomic E-state index is -0.206. The van der Waals surface area contributed by atoms with Gasteiger partial charge in [0.2, 0.25) is 0 Å². The maximum atomic E-state index is 6.28. The summed E-state index contributed by atoms with van der Waals surface area (Å²) in [6.45, 7) is 0. The van der Waals surface area contributed by atoms with Gasteiger partial charge in [0.25, 0.3) is 0 Å². The van der Waals surface area contributed by atoms with E-state index in [9.17, 15) is 0 Å². The molecule has 0 saturated heterocycles. The summed E-state index contributed by atoms with van der Waals surface area (Å²) in [4.78, 5) is 4.36. The normalized spacial score (nSPS) is 12.1. The van der Waals surface area contributed by atoms with Crippen LogP contribution in [0.15, 0.2) is 77.4 Å². The third-order valence-electron chi connectivity index (χ3n) is 3.45. The van der Waals surface area contributed by atoms with Gasteiger partial charge >= 0.3 is 0 Å². The van der Waals surface area contributed by atoms with Gasteiger partial charge in [-0.2, -0.15) is 0 Å². The largest absolute Gasteiger partial charge is 0.319 e. The minimum absolute atomic E-state index is 0.206. The van der Waals surface area contributed by atoms with Gasteiger partial charge in [-0.15, -0.1) is 0 Å². The quantitative estimate of drug-likeness (QED) is 0.760. The van der Waals surface area contributed by atoms with Crippen molar-refractivity contribution in [1.82, 2.24) is 4.98 Å². The lowest BCUT2D eigenvalue weighted by Crippen LogP contribution is -2.13. The van der Waals surface area contributed by atoms with Crippen LogP contribution < -0.4 is 5.73 Å². The van der Waals surface area contributed by atoms with Gasteiger partial charge in [-0.25, -0.2) is 0 Å². The Balaban J connectivity index is 1.85. The molecule has 0 aliphatic heterocycles. The second-order valence-electron chi connectivity index (χ2n) is 4.87. The van der Waals surface area contributed by atoms with Gasteiger partial charge in [-0.1, -0.05) is 54.6 Å². The van der Waals surface area contributed by atoms with Crippen LogP contribution in [0, 0.1) is 0 Å². The van der Waals surface area contributed by atoms with E-state index in [0.29, 0.717) is 0 Å². The second kappa shape index (κ2) is 6.20. The number of rotatable bonds is 3. The Kier molecular flexibility index (Phi) is 4.13. The van der Waals surface area contributed by atoms with Crippen molar-refractivity contribution in [2.45, 2.75) is 6.04 Å². The standard InChI is InChI=1S/C18H15BrN2/c19-16-10-11-17(21-12-16)18(20)15-8-6-14(7-9-15)13-4-2-1-3-5-13/h1-12,18H,20H2. The van der Waals surface area contributed by atoms with E-state index >= 15 is 0 Å². The summed E-state index contributed by atoms with van der Waals surface area (Å²) in [7, 11) is 0. The molecule has 0 bridgehead atoms. The third-order valence-corrected chi connectivity index (χ3v) is 3.91. The zero-order valence-corrected chi connectivity index (χ0v) is 13.0. The summed E-state index contributed by atoms with van der Waals surface area (Å²) in [5.41, 5.74) is 10.6. The number of aromatic nitrogens is 1. The maximum Gasteiger partial charge on any atom is 0.0726 e. The zero-order valence-electron chi connectivity index (χ0n) is 11.4. The highest BCUT2D eigenvalue weighted by Gasteiger charge is 2.10. The van der Waals surface area contributed by atoms with E-state index in [2.05, 4.69) is 57.3 Å². The van der Waals surface area contributed by atoms with Crippen molar-refractivity contribution in [2.75, 3.05) is 0 Å². The van der Waals surface area contributed by atoms with Crippen LogP contribution >= 0.6 is 15.9 Å². The van der Waals surface area contributed by atoms with Crippen molar-refractivity contribution >= 4 is 15.9 Å². The molecule has 0 amide bonds. The number of pyridine rings is 1. The lowest BCUT2D eigenvalue weighted by Gasteiger charge is -2.12. The van der Waals surface area contributed by atoms with E-state index in [-0.39, 0.29) is 6.04 Å². The van der Waals surface area contributed by atoms with Crippen LogP contribution in [0.1, 0.15) is 17.3 Å². The van der Waals surface area contributed by atoms with E-state index in [0.717, 1.165) is 15.7 Å². The Labute approximate surface area is 132 Å². The van der Waals surface area contributed by atoms with Crippen molar-refractivity contribution in [3.63, 3.8) is 0 Å². The molecule has 0 saturated carbocycles. The van der Waals surface area contributed by atoms with E-state index in [1.54, 1.807) is 6.20 Å². The fourth-order valence-electron chi connectivity index (χ4n) is 2.26. The van der Waals surface area contributed by atoms with Crippen LogP contribution in [0.3, 0.4) is 0 Å². The van der Waals surface area contributed by atoms with Crippen molar-refractivity contribution in [3.05, 3.63) is 88.7 Å². The van der Waals surface area contributed by atoms with E-state index in [4.69, 9.17) is 5.73 Å². The molecule has 0 aliphatic carbocycles. The molecule has 1 heterocycles. The van der Waals surface area contributed by atoms with E-state index in [1.807, 2.05) is 30.3 Å². The molecule has 0 fully saturated rings. The van der Waals surface area contributed by atoms with Crippen molar-refractivity contribution < 1.29 is 0 Å². The highest BCUT2D eigenvalue weighted by atomic mass is 79.9. The summed E-state index contributed by atoms with van der Waals surface area (Å²) in [5, 5.41) is 0. The lowest BCUT2D eigenvalue weighted by molar-refractivity contribution is 0.828. The van der Waals surface area contributed by atoms with Gasteiger partial charge in [0.15, 0.2) is 0 Å². The van der Waals surface area contributed by atoms with Gasteiger partial charge in [0.05, 0.1) is 11.7 Å². The smallest absolute Gasteiger partial charge is 0.0726 e. The molecule has 3 aromatic rings. The van der Waals surface area contributed by atoms with Crippen LogP contribution in [-0.2, 0) is 0 Å². The highest BCUT2D eigenvalue weighted by molar-refractivity contribution is 9.10. The Morgan fingerprint density at radius 2 is 1.48 bits per heavy atom. The zero-order chi connectivity index (χ0) is 14.7. The minimum Gasteiger partial charge on any atom is -0.319 e. The summed E-state index contributed by atoms with van der Waals surface area (Å²) in [6.07, 6.45) is 1.77. The van der Waals surface area contributed by atoms with Crippen LogP contribution in [0.25, 0.3) is 11.1 Å². The van der Waals surface area contributed by atoms with Crippen molar-refractivity contribution in [1.29, 1.82) is 0 Å². The van der Waals surface area contributed by atoms with Gasteiger partial charge in [-0.3, -0.25) is 4.98 Å². The molecule has 2 aromatic carbocycles. The number of nitrogens with two attached hydrogens (primary N) is 1. The molecular weight excluding hydrogens is 324 g/mol. The molecule has 3 heteroatoms. The molecule has 1 unspecified atom stereocenters. The number of hydrogen-bond acceptors (Lipinski definition) is 2. The Hall–Kier alpha value is -1.97. The van der Waals surface area contributed by atoms with Crippen LogP contribution in [0.5, 0.6) is 0 Å². The highest BCUT2D eigenvalue weighted by Crippen LogP contribution is 2.23. The fourth-order valence-corrected chi connectivity index (χ4v) is 2.49. The predicted octanol–water partition coefficient (Wildman–Crippen LogP) is 4.56. The van der Waals surface area contributed by atoms with Crippen LogP contribution in [0.2, 0.25) is 0 Å². The molecule has 3 rings (SSSR count). The Morgan fingerprint density at radius 1 is 0.810 bits per heavy atom. The molecule has 104 valence electrons. The molecule has 0 spiro atoms. The Bertz CT molecular complexity index is 706. The van der Waals surface area contributed by atoms with Gasteiger partial charge in [0, 0.05) is 10.7 Å². The molecular formula is C18H15BrN2. The first kappa shape index (κ1) is 14.0. The van der Waals surface area contributed by atoms with Gasteiger partial charge in [0.1, 0.15) is 0 Å².